The van der Waals surface area contributed by atoms with E-state index in [0.717, 1.165) is 42.9 Å². The summed E-state index contributed by atoms with van der Waals surface area (Å²) in [5.41, 5.74) is 2.77. The van der Waals surface area contributed by atoms with Crippen molar-refractivity contribution in [2.75, 3.05) is 25.0 Å². The first-order chi connectivity index (χ1) is 12.0. The minimum absolute atomic E-state index is 0.00175. The lowest BCUT2D eigenvalue weighted by molar-refractivity contribution is -0.121. The number of aromatic amines is 1. The lowest BCUT2D eigenvalue weighted by Gasteiger charge is -2.40. The third-order valence-corrected chi connectivity index (χ3v) is 5.28. The van der Waals surface area contributed by atoms with E-state index in [9.17, 15) is 9.90 Å². The van der Waals surface area contributed by atoms with Gasteiger partial charge in [-0.2, -0.15) is 0 Å². The van der Waals surface area contributed by atoms with Crippen molar-refractivity contribution in [3.8, 4) is 11.3 Å². The fourth-order valence-corrected chi connectivity index (χ4v) is 3.17. The van der Waals surface area contributed by atoms with Gasteiger partial charge in [0.25, 0.3) is 0 Å². The summed E-state index contributed by atoms with van der Waals surface area (Å²) in [6.45, 7) is 5.94. The molecule has 2 heterocycles. The van der Waals surface area contributed by atoms with E-state index in [2.05, 4.69) is 27.1 Å². The molecule has 3 rings (SSSR count). The van der Waals surface area contributed by atoms with Crippen LogP contribution in [0.4, 0.5) is 5.69 Å². The zero-order valence-electron chi connectivity index (χ0n) is 14.8. The molecule has 1 aromatic carbocycles. The van der Waals surface area contributed by atoms with Gasteiger partial charge in [0, 0.05) is 12.3 Å². The van der Waals surface area contributed by atoms with E-state index >= 15 is 0 Å². The molecule has 1 aromatic heterocycles. The number of hydrogen-bond donors (Lipinski definition) is 3. The summed E-state index contributed by atoms with van der Waals surface area (Å²) in [6, 6.07) is 7.54. The Morgan fingerprint density at radius 2 is 2.04 bits per heavy atom. The van der Waals surface area contributed by atoms with Gasteiger partial charge in [-0.15, -0.1) is 0 Å². The molecule has 1 atom stereocenters. The number of carbonyl (C=O) groups excluding carboxylic acids is 1. The van der Waals surface area contributed by atoms with Crippen molar-refractivity contribution >= 4 is 11.6 Å². The number of anilines is 1. The molecule has 0 spiro atoms. The van der Waals surface area contributed by atoms with E-state index in [1.54, 1.807) is 12.5 Å². The highest BCUT2D eigenvalue weighted by Crippen LogP contribution is 2.31. The van der Waals surface area contributed by atoms with Gasteiger partial charge in [-0.3, -0.25) is 9.69 Å². The average molecular weight is 342 g/mol. The molecule has 25 heavy (non-hydrogen) atoms. The van der Waals surface area contributed by atoms with Crippen LogP contribution in [0.1, 0.15) is 26.7 Å². The molecule has 1 amide bonds. The van der Waals surface area contributed by atoms with Crippen LogP contribution in [0.15, 0.2) is 36.8 Å². The van der Waals surface area contributed by atoms with Crippen molar-refractivity contribution < 1.29 is 9.90 Å². The molecule has 3 N–H and O–H groups in total. The molecular formula is C19H26N4O2. The summed E-state index contributed by atoms with van der Waals surface area (Å²) in [5, 5.41) is 12.5. The maximum Gasteiger partial charge on any atom is 0.241 e. The van der Waals surface area contributed by atoms with E-state index in [1.807, 2.05) is 31.2 Å². The highest BCUT2D eigenvalue weighted by molar-refractivity contribution is 5.94. The predicted molar refractivity (Wildman–Crippen MR) is 98.1 cm³/mol. The number of aliphatic hydroxyl groups excluding tert-OH is 1. The van der Waals surface area contributed by atoms with Crippen LogP contribution in [0, 0.1) is 5.41 Å². The molecule has 134 valence electrons. The highest BCUT2D eigenvalue weighted by Gasteiger charge is 2.32. The minimum atomic E-state index is -0.185. The molecular weight excluding hydrogens is 316 g/mol. The number of nitrogens with zero attached hydrogens (tertiary/aromatic N) is 2. The molecule has 1 aliphatic heterocycles. The van der Waals surface area contributed by atoms with Crippen molar-refractivity contribution in [3.63, 3.8) is 0 Å². The van der Waals surface area contributed by atoms with Crippen LogP contribution in [-0.4, -0.2) is 51.6 Å². The Morgan fingerprint density at radius 1 is 1.36 bits per heavy atom. The van der Waals surface area contributed by atoms with Gasteiger partial charge in [-0.1, -0.05) is 19.1 Å². The minimum Gasteiger partial charge on any atom is -0.396 e. The summed E-state index contributed by atoms with van der Waals surface area (Å²) < 4.78 is 0. The standard InChI is InChI=1S/C19H26N4O2/c1-14(23-9-7-19(2,12-24)8-10-23)18(25)22-16-5-3-15(4-6-16)17-11-20-13-21-17/h3-6,11,13-14,24H,7-10,12H2,1-2H3,(H,20,21)(H,22,25)/t14-/m0/s1. The Labute approximate surface area is 148 Å². The van der Waals surface area contributed by atoms with Gasteiger partial charge in [-0.05, 0) is 56.0 Å². The largest absolute Gasteiger partial charge is 0.396 e. The Kier molecular flexibility index (Phi) is 5.20. The molecule has 1 saturated heterocycles. The first kappa shape index (κ1) is 17.6. The van der Waals surface area contributed by atoms with E-state index in [0.29, 0.717) is 0 Å². The number of amides is 1. The summed E-state index contributed by atoms with van der Waals surface area (Å²) in [4.78, 5) is 21.8. The van der Waals surface area contributed by atoms with Crippen molar-refractivity contribution in [1.29, 1.82) is 0 Å². The van der Waals surface area contributed by atoms with Crippen LogP contribution < -0.4 is 5.32 Å². The van der Waals surface area contributed by atoms with Crippen molar-refractivity contribution in [3.05, 3.63) is 36.8 Å². The second-order valence-electron chi connectivity index (χ2n) is 7.21. The molecule has 0 radical (unpaired) electrons. The SMILES string of the molecule is C[C@@H](C(=O)Nc1ccc(-c2cnc[nH]2)cc1)N1CCC(C)(CO)CC1. The number of piperidine rings is 1. The Hall–Kier alpha value is -2.18. The third-order valence-electron chi connectivity index (χ3n) is 5.28. The topological polar surface area (TPSA) is 81.2 Å². The normalized spacial score (nSPS) is 18.7. The van der Waals surface area contributed by atoms with Gasteiger partial charge in [0.05, 0.1) is 24.3 Å². The van der Waals surface area contributed by atoms with Crippen LogP contribution in [0.3, 0.4) is 0 Å². The average Bonchev–Trinajstić information content (AvgIpc) is 3.17. The third kappa shape index (κ3) is 4.08. The number of hydrogen-bond acceptors (Lipinski definition) is 4. The van der Waals surface area contributed by atoms with E-state index in [4.69, 9.17) is 0 Å². The Bertz CT molecular complexity index is 689. The lowest BCUT2D eigenvalue weighted by Crippen LogP contribution is -2.48. The monoisotopic (exact) mass is 342 g/mol. The smallest absolute Gasteiger partial charge is 0.241 e. The lowest BCUT2D eigenvalue weighted by atomic mass is 9.81. The van der Waals surface area contributed by atoms with Crippen molar-refractivity contribution in [2.45, 2.75) is 32.7 Å². The zero-order chi connectivity index (χ0) is 17.9. The number of H-pyrrole nitrogens is 1. The van der Waals surface area contributed by atoms with Gasteiger partial charge in [0.2, 0.25) is 5.91 Å². The molecule has 2 aromatic rings. The Balaban J connectivity index is 1.57. The van der Waals surface area contributed by atoms with Crippen LogP contribution in [0.5, 0.6) is 0 Å². The molecule has 6 nitrogen and oxygen atoms in total. The molecule has 0 unspecified atom stereocenters. The molecule has 0 saturated carbocycles. The molecule has 0 bridgehead atoms. The number of rotatable bonds is 5. The van der Waals surface area contributed by atoms with Crippen LogP contribution in [0.25, 0.3) is 11.3 Å². The van der Waals surface area contributed by atoms with E-state index < -0.39 is 0 Å². The number of imidazole rings is 1. The summed E-state index contributed by atoms with van der Waals surface area (Å²) in [5.74, 6) is 0.00175. The van der Waals surface area contributed by atoms with Crippen LogP contribution in [-0.2, 0) is 4.79 Å². The van der Waals surface area contributed by atoms with Crippen molar-refractivity contribution in [2.24, 2.45) is 5.41 Å². The van der Waals surface area contributed by atoms with E-state index in [1.165, 1.54) is 0 Å². The van der Waals surface area contributed by atoms with E-state index in [-0.39, 0.29) is 24.0 Å². The van der Waals surface area contributed by atoms with Crippen LogP contribution in [0.2, 0.25) is 0 Å². The maximum atomic E-state index is 12.5. The molecule has 6 heteroatoms. The fourth-order valence-electron chi connectivity index (χ4n) is 3.17. The number of aromatic nitrogens is 2. The molecule has 0 aliphatic carbocycles. The van der Waals surface area contributed by atoms with Gasteiger partial charge in [0.15, 0.2) is 0 Å². The second kappa shape index (κ2) is 7.37. The number of carbonyl (C=O) groups is 1. The maximum absolute atomic E-state index is 12.5. The fraction of sp³-hybridized carbons (Fsp3) is 0.474. The Morgan fingerprint density at radius 3 is 2.60 bits per heavy atom. The van der Waals surface area contributed by atoms with Crippen LogP contribution >= 0.6 is 0 Å². The van der Waals surface area contributed by atoms with Gasteiger partial charge >= 0.3 is 0 Å². The zero-order valence-corrected chi connectivity index (χ0v) is 14.8. The number of benzene rings is 1. The molecule has 1 aliphatic rings. The number of nitrogens with one attached hydrogen (secondary N) is 2. The summed E-state index contributed by atoms with van der Waals surface area (Å²) >= 11 is 0. The molecule has 1 fully saturated rings. The quantitative estimate of drug-likeness (QED) is 0.780. The number of likely N-dealkylation sites (tertiary alicyclic amines) is 1. The first-order valence-corrected chi connectivity index (χ1v) is 8.75. The number of aliphatic hydroxyl groups is 1. The second-order valence-corrected chi connectivity index (χ2v) is 7.21. The van der Waals surface area contributed by atoms with Gasteiger partial charge in [-0.25, -0.2) is 4.98 Å². The predicted octanol–water partition coefficient (Wildman–Crippen LogP) is 2.50. The van der Waals surface area contributed by atoms with Crippen molar-refractivity contribution in [1.82, 2.24) is 14.9 Å². The summed E-state index contributed by atoms with van der Waals surface area (Å²) in [6.07, 6.45) is 5.25. The van der Waals surface area contributed by atoms with Gasteiger partial charge in [0.1, 0.15) is 0 Å². The summed E-state index contributed by atoms with van der Waals surface area (Å²) in [7, 11) is 0. The van der Waals surface area contributed by atoms with Gasteiger partial charge < -0.3 is 15.4 Å². The first-order valence-electron chi connectivity index (χ1n) is 8.75. The highest BCUT2D eigenvalue weighted by atomic mass is 16.3.